The molecule has 0 saturated carbocycles. The van der Waals surface area contributed by atoms with Gasteiger partial charge in [0.2, 0.25) is 0 Å². The van der Waals surface area contributed by atoms with Crippen molar-refractivity contribution in [3.05, 3.63) is 69.3 Å². The van der Waals surface area contributed by atoms with Crippen molar-refractivity contribution in [1.29, 1.82) is 0 Å². The zero-order valence-electron chi connectivity index (χ0n) is 14.5. The van der Waals surface area contributed by atoms with Gasteiger partial charge in [0.1, 0.15) is 4.70 Å². The lowest BCUT2D eigenvalue weighted by Gasteiger charge is -2.15. The molecule has 0 aliphatic heterocycles. The van der Waals surface area contributed by atoms with Crippen LogP contribution in [0, 0.1) is 0 Å². The predicted octanol–water partition coefficient (Wildman–Crippen LogP) is 3.96. The molecule has 0 bridgehead atoms. The van der Waals surface area contributed by atoms with Crippen molar-refractivity contribution >= 4 is 32.3 Å². The van der Waals surface area contributed by atoms with E-state index in [1.165, 1.54) is 16.9 Å². The molecule has 2 heterocycles. The first kappa shape index (κ1) is 17.0. The van der Waals surface area contributed by atoms with Crippen LogP contribution in [0.5, 0.6) is 0 Å². The molecule has 4 aromatic rings. The fraction of sp³-hybridized carbons (Fsp3) is 0.190. The third-order valence-electron chi connectivity index (χ3n) is 4.97. The van der Waals surface area contributed by atoms with Crippen LogP contribution in [0.25, 0.3) is 32.1 Å². The van der Waals surface area contributed by atoms with E-state index in [0.717, 1.165) is 33.0 Å². The number of hydrogen-bond donors (Lipinski definition) is 3. The highest BCUT2D eigenvalue weighted by molar-refractivity contribution is 7.17. The fourth-order valence-electron chi connectivity index (χ4n) is 3.47. The number of thiophene rings is 1. The molecule has 1 atom stereocenters. The second-order valence-corrected chi connectivity index (χ2v) is 7.47. The first-order valence-electron chi connectivity index (χ1n) is 8.60. The second-order valence-electron chi connectivity index (χ2n) is 6.56. The number of fused-ring (bicyclic) bond motifs is 3. The number of aliphatic hydroxyl groups excluding tert-OH is 1. The summed E-state index contributed by atoms with van der Waals surface area (Å²) in [6, 6.07) is 14.0. The van der Waals surface area contributed by atoms with Crippen LogP contribution in [-0.2, 0) is 6.61 Å². The van der Waals surface area contributed by atoms with Gasteiger partial charge in [-0.1, -0.05) is 37.3 Å². The number of nitrogens with one attached hydrogen (secondary N) is 1. The topological polar surface area (TPSA) is 79.1 Å². The van der Waals surface area contributed by atoms with Crippen LogP contribution in [0.4, 0.5) is 0 Å². The van der Waals surface area contributed by atoms with E-state index < -0.39 is 0 Å². The van der Waals surface area contributed by atoms with Crippen LogP contribution >= 0.6 is 11.3 Å². The maximum absolute atomic E-state index is 12.3. The van der Waals surface area contributed by atoms with Crippen molar-refractivity contribution in [1.82, 2.24) is 4.98 Å². The number of aliphatic hydroxyl groups is 1. The Hall–Kier alpha value is -2.47. The minimum absolute atomic E-state index is 0.0585. The molecule has 2 aromatic carbocycles. The van der Waals surface area contributed by atoms with Crippen molar-refractivity contribution in [3.8, 4) is 11.1 Å². The van der Waals surface area contributed by atoms with Crippen molar-refractivity contribution in [2.45, 2.75) is 19.4 Å². The summed E-state index contributed by atoms with van der Waals surface area (Å²) in [5.74, 6) is 0.300. The van der Waals surface area contributed by atoms with Gasteiger partial charge in [-0.3, -0.25) is 4.79 Å². The van der Waals surface area contributed by atoms with Crippen LogP contribution in [0.15, 0.2) is 52.6 Å². The van der Waals surface area contributed by atoms with Crippen LogP contribution in [0.2, 0.25) is 0 Å². The lowest BCUT2D eigenvalue weighted by atomic mass is 9.92. The largest absolute Gasteiger partial charge is 0.392 e. The lowest BCUT2D eigenvalue weighted by Crippen LogP contribution is -2.08. The molecular formula is C21H20N2O2S. The van der Waals surface area contributed by atoms with Gasteiger partial charge in [-0.15, -0.1) is 11.3 Å². The van der Waals surface area contributed by atoms with Gasteiger partial charge in [0.15, 0.2) is 0 Å². The van der Waals surface area contributed by atoms with Gasteiger partial charge >= 0.3 is 0 Å². The highest BCUT2D eigenvalue weighted by Crippen LogP contribution is 2.37. The molecule has 0 amide bonds. The van der Waals surface area contributed by atoms with E-state index in [1.54, 1.807) is 0 Å². The first-order valence-corrected chi connectivity index (χ1v) is 9.48. The Bertz CT molecular complexity index is 1140. The van der Waals surface area contributed by atoms with Gasteiger partial charge in [0, 0.05) is 16.3 Å². The van der Waals surface area contributed by atoms with Gasteiger partial charge in [-0.2, -0.15) is 0 Å². The summed E-state index contributed by atoms with van der Waals surface area (Å²) in [5, 5.41) is 13.8. The van der Waals surface area contributed by atoms with E-state index >= 15 is 0 Å². The summed E-state index contributed by atoms with van der Waals surface area (Å²) in [7, 11) is 0. The van der Waals surface area contributed by atoms with Crippen molar-refractivity contribution in [3.63, 3.8) is 0 Å². The number of rotatable bonds is 4. The maximum atomic E-state index is 12.3. The highest BCUT2D eigenvalue weighted by atomic mass is 32.1. The molecule has 1 unspecified atom stereocenters. The molecule has 2 aromatic heterocycles. The molecular weight excluding hydrogens is 344 g/mol. The Morgan fingerprint density at radius 2 is 1.92 bits per heavy atom. The smallest absolute Gasteiger partial charge is 0.266 e. The van der Waals surface area contributed by atoms with Crippen molar-refractivity contribution in [2.24, 2.45) is 5.73 Å². The second kappa shape index (κ2) is 6.68. The predicted molar refractivity (Wildman–Crippen MR) is 109 cm³/mol. The zero-order valence-corrected chi connectivity index (χ0v) is 15.3. The average molecular weight is 364 g/mol. The molecule has 4 N–H and O–H groups in total. The third kappa shape index (κ3) is 2.65. The molecule has 4 rings (SSSR count). The average Bonchev–Trinajstić information content (AvgIpc) is 3.17. The van der Waals surface area contributed by atoms with E-state index in [4.69, 9.17) is 5.73 Å². The Labute approximate surface area is 154 Å². The zero-order chi connectivity index (χ0) is 18.3. The number of hydrogen-bond acceptors (Lipinski definition) is 4. The Kier molecular flexibility index (Phi) is 4.36. The molecule has 0 spiro atoms. The first-order chi connectivity index (χ1) is 12.6. The number of aromatic nitrogens is 1. The van der Waals surface area contributed by atoms with Crippen molar-refractivity contribution < 1.29 is 5.11 Å². The van der Waals surface area contributed by atoms with Crippen LogP contribution in [-0.4, -0.2) is 16.6 Å². The van der Waals surface area contributed by atoms with Gasteiger partial charge in [0.05, 0.1) is 6.61 Å². The van der Waals surface area contributed by atoms with Gasteiger partial charge < -0.3 is 15.8 Å². The molecule has 0 aliphatic rings. The normalized spacial score (nSPS) is 12.7. The molecule has 0 radical (unpaired) electrons. The van der Waals surface area contributed by atoms with Gasteiger partial charge in [0.25, 0.3) is 5.56 Å². The van der Waals surface area contributed by atoms with E-state index in [-0.39, 0.29) is 12.2 Å². The number of H-pyrrole nitrogens is 1. The summed E-state index contributed by atoms with van der Waals surface area (Å²) in [6.07, 6.45) is 0. The van der Waals surface area contributed by atoms with Gasteiger partial charge in [-0.05, 0) is 52.2 Å². The van der Waals surface area contributed by atoms with Crippen LogP contribution in [0.3, 0.4) is 0 Å². The Morgan fingerprint density at radius 1 is 1.15 bits per heavy atom. The number of aromatic amines is 1. The van der Waals surface area contributed by atoms with E-state index in [9.17, 15) is 9.90 Å². The van der Waals surface area contributed by atoms with E-state index in [0.29, 0.717) is 17.2 Å². The molecule has 4 nitrogen and oxygen atoms in total. The lowest BCUT2D eigenvalue weighted by molar-refractivity contribution is 0.282. The minimum Gasteiger partial charge on any atom is -0.392 e. The standard InChI is InChI=1S/C21H20N2O2S/c1-12(10-22)13-2-4-14(5-3-13)18-15(11-24)6-7-17-19(18)16-8-9-26-20(16)21(25)23-17/h2-9,12,24H,10-11,22H2,1H3,(H,23,25). The van der Waals surface area contributed by atoms with Crippen LogP contribution < -0.4 is 11.3 Å². The number of benzene rings is 2. The third-order valence-corrected chi connectivity index (χ3v) is 5.89. The maximum Gasteiger partial charge on any atom is 0.266 e. The summed E-state index contributed by atoms with van der Waals surface area (Å²) in [4.78, 5) is 15.3. The van der Waals surface area contributed by atoms with E-state index in [2.05, 4.69) is 36.2 Å². The highest BCUT2D eigenvalue weighted by Gasteiger charge is 2.15. The summed E-state index contributed by atoms with van der Waals surface area (Å²) >= 11 is 1.44. The SMILES string of the molecule is CC(CN)c1ccc(-c2c(CO)ccc3[nH]c(=O)c4sccc4c23)cc1. The summed E-state index contributed by atoms with van der Waals surface area (Å²) in [5.41, 5.74) is 10.5. The van der Waals surface area contributed by atoms with Gasteiger partial charge in [-0.25, -0.2) is 0 Å². The fourth-order valence-corrected chi connectivity index (χ4v) is 4.26. The number of nitrogens with two attached hydrogens (primary N) is 1. The van der Waals surface area contributed by atoms with Crippen molar-refractivity contribution in [2.75, 3.05) is 6.54 Å². The Morgan fingerprint density at radius 3 is 2.62 bits per heavy atom. The van der Waals surface area contributed by atoms with Crippen LogP contribution in [0.1, 0.15) is 24.0 Å². The monoisotopic (exact) mass is 364 g/mol. The minimum atomic E-state index is -0.0719. The molecule has 5 heteroatoms. The summed E-state index contributed by atoms with van der Waals surface area (Å²) < 4.78 is 0.710. The quantitative estimate of drug-likeness (QED) is 0.513. The molecule has 26 heavy (non-hydrogen) atoms. The van der Waals surface area contributed by atoms with E-state index in [1.807, 2.05) is 23.6 Å². The molecule has 132 valence electrons. The molecule has 0 fully saturated rings. The molecule has 0 saturated heterocycles. The number of pyridine rings is 1. The Balaban J connectivity index is 2.04. The summed E-state index contributed by atoms with van der Waals surface area (Å²) in [6.45, 7) is 2.65. The molecule has 0 aliphatic carbocycles.